The molecule has 0 aliphatic carbocycles. The average molecular weight is 258 g/mol. The first-order valence-electron chi connectivity index (χ1n) is 6.60. The van der Waals surface area contributed by atoms with Crippen molar-refractivity contribution in [3.63, 3.8) is 0 Å². The molecule has 0 unspecified atom stereocenters. The molecule has 1 heteroatoms. The summed E-state index contributed by atoms with van der Waals surface area (Å²) in [6, 6.07) is 32.0. The van der Waals surface area contributed by atoms with E-state index >= 15 is 0 Å². The maximum absolute atomic E-state index is 2.20. The molecular weight excluding hydrogens is 239 g/mol. The van der Waals surface area contributed by atoms with Gasteiger partial charge in [0.05, 0.1) is 0 Å². The standard InChI is InChI=1S/C18H15B.CH4/c1-4-10-16(11-5-1)19(17-12-6-2-7-13-17)18-14-8-3-9-15-18;/h1-15H;1H4. The Morgan fingerprint density at radius 2 is 0.650 bits per heavy atom. The SMILES string of the molecule is C.c1ccc(B(c2ccccc2)c2ccccc2)cc1. The van der Waals surface area contributed by atoms with Crippen molar-refractivity contribution < 1.29 is 0 Å². The van der Waals surface area contributed by atoms with Crippen molar-refractivity contribution in [3.05, 3.63) is 91.0 Å². The van der Waals surface area contributed by atoms with Crippen LogP contribution < -0.4 is 16.4 Å². The van der Waals surface area contributed by atoms with Crippen molar-refractivity contribution in [3.8, 4) is 0 Å². The van der Waals surface area contributed by atoms with E-state index < -0.39 is 0 Å². The summed E-state index contributed by atoms with van der Waals surface area (Å²) in [6.45, 7) is 0.309. The van der Waals surface area contributed by atoms with Gasteiger partial charge in [0.2, 0.25) is 6.71 Å². The maximum atomic E-state index is 2.20. The van der Waals surface area contributed by atoms with E-state index in [1.165, 1.54) is 16.4 Å². The summed E-state index contributed by atoms with van der Waals surface area (Å²) >= 11 is 0. The normalized spacial score (nSPS) is 9.60. The van der Waals surface area contributed by atoms with E-state index in [-0.39, 0.29) is 7.43 Å². The van der Waals surface area contributed by atoms with Crippen LogP contribution in [0, 0.1) is 0 Å². The summed E-state index contributed by atoms with van der Waals surface area (Å²) < 4.78 is 0. The van der Waals surface area contributed by atoms with Crippen LogP contribution in [-0.2, 0) is 0 Å². The smallest absolute Gasteiger partial charge is 0.0776 e. The molecule has 0 heterocycles. The lowest BCUT2D eigenvalue weighted by atomic mass is 9.37. The van der Waals surface area contributed by atoms with Gasteiger partial charge in [0.25, 0.3) is 0 Å². The molecule has 0 aliphatic heterocycles. The molecule has 98 valence electrons. The maximum Gasteiger partial charge on any atom is 0.241 e. The molecule has 0 aromatic heterocycles. The van der Waals surface area contributed by atoms with E-state index in [1.807, 2.05) is 0 Å². The average Bonchev–Trinajstić information content (AvgIpc) is 2.51. The van der Waals surface area contributed by atoms with Crippen molar-refractivity contribution >= 4 is 23.1 Å². The molecule has 0 nitrogen and oxygen atoms in total. The highest BCUT2D eigenvalue weighted by Crippen LogP contribution is 1.95. The molecule has 0 atom stereocenters. The molecule has 0 amide bonds. The van der Waals surface area contributed by atoms with Crippen LogP contribution in [-0.4, -0.2) is 6.71 Å². The van der Waals surface area contributed by atoms with Gasteiger partial charge < -0.3 is 0 Å². The Hall–Kier alpha value is -2.28. The molecule has 0 saturated carbocycles. The number of hydrogen-bond acceptors (Lipinski definition) is 0. The van der Waals surface area contributed by atoms with Crippen LogP contribution in [0.1, 0.15) is 7.43 Å². The molecule has 0 spiro atoms. The van der Waals surface area contributed by atoms with Gasteiger partial charge >= 0.3 is 0 Å². The highest BCUT2D eigenvalue weighted by atomic mass is 13.9. The second-order valence-corrected chi connectivity index (χ2v) is 4.67. The molecule has 3 aromatic rings. The van der Waals surface area contributed by atoms with Crippen molar-refractivity contribution in [1.82, 2.24) is 0 Å². The molecule has 0 saturated heterocycles. The fourth-order valence-electron chi connectivity index (χ4n) is 2.51. The molecule has 3 aromatic carbocycles. The molecule has 0 bridgehead atoms. The Labute approximate surface area is 122 Å². The first kappa shape index (κ1) is 14.1. The molecule has 3 rings (SSSR count). The first-order chi connectivity index (χ1) is 9.45. The second-order valence-electron chi connectivity index (χ2n) is 4.67. The number of rotatable bonds is 3. The van der Waals surface area contributed by atoms with E-state index in [0.29, 0.717) is 6.71 Å². The van der Waals surface area contributed by atoms with Crippen molar-refractivity contribution in [2.75, 3.05) is 0 Å². The highest BCUT2D eigenvalue weighted by molar-refractivity contribution is 6.95. The zero-order chi connectivity index (χ0) is 12.9. The van der Waals surface area contributed by atoms with E-state index in [1.54, 1.807) is 0 Å². The minimum atomic E-state index is 0. The largest absolute Gasteiger partial charge is 0.241 e. The molecule has 0 aliphatic rings. The fraction of sp³-hybridized carbons (Fsp3) is 0.0526. The zero-order valence-electron chi connectivity index (χ0n) is 10.7. The van der Waals surface area contributed by atoms with Crippen LogP contribution in [0.15, 0.2) is 91.0 Å². The summed E-state index contributed by atoms with van der Waals surface area (Å²) in [6.07, 6.45) is 0. The summed E-state index contributed by atoms with van der Waals surface area (Å²) in [4.78, 5) is 0. The summed E-state index contributed by atoms with van der Waals surface area (Å²) in [5.74, 6) is 0. The van der Waals surface area contributed by atoms with Crippen LogP contribution in [0.2, 0.25) is 0 Å². The topological polar surface area (TPSA) is 0 Å². The Morgan fingerprint density at radius 3 is 0.900 bits per heavy atom. The Bertz CT molecular complexity index is 524. The summed E-state index contributed by atoms with van der Waals surface area (Å²) in [5, 5.41) is 0. The Kier molecular flexibility index (Phi) is 4.78. The monoisotopic (exact) mass is 258 g/mol. The number of benzene rings is 3. The van der Waals surface area contributed by atoms with Crippen LogP contribution >= 0.6 is 0 Å². The first-order valence-corrected chi connectivity index (χ1v) is 6.60. The van der Waals surface area contributed by atoms with Crippen LogP contribution in [0.25, 0.3) is 0 Å². The third-order valence-electron chi connectivity index (χ3n) is 3.40. The van der Waals surface area contributed by atoms with Gasteiger partial charge in [0, 0.05) is 0 Å². The van der Waals surface area contributed by atoms with Gasteiger partial charge in [-0.15, -0.1) is 0 Å². The van der Waals surface area contributed by atoms with Gasteiger partial charge in [-0.2, -0.15) is 0 Å². The predicted molar refractivity (Wildman–Crippen MR) is 90.7 cm³/mol. The highest BCUT2D eigenvalue weighted by Gasteiger charge is 2.20. The molecular formula is C19H19B. The van der Waals surface area contributed by atoms with Gasteiger partial charge in [0.15, 0.2) is 0 Å². The van der Waals surface area contributed by atoms with Crippen LogP contribution in [0.4, 0.5) is 0 Å². The quantitative estimate of drug-likeness (QED) is 0.634. The van der Waals surface area contributed by atoms with Gasteiger partial charge in [-0.05, 0) is 0 Å². The molecule has 0 fully saturated rings. The van der Waals surface area contributed by atoms with Crippen molar-refractivity contribution in [1.29, 1.82) is 0 Å². The predicted octanol–water partition coefficient (Wildman–Crippen LogP) is 2.84. The van der Waals surface area contributed by atoms with Crippen LogP contribution in [0.5, 0.6) is 0 Å². The third-order valence-corrected chi connectivity index (χ3v) is 3.40. The van der Waals surface area contributed by atoms with Crippen molar-refractivity contribution in [2.24, 2.45) is 0 Å². The molecule has 0 radical (unpaired) electrons. The van der Waals surface area contributed by atoms with E-state index in [4.69, 9.17) is 0 Å². The number of hydrogen-bond donors (Lipinski definition) is 0. The van der Waals surface area contributed by atoms with Crippen molar-refractivity contribution in [2.45, 2.75) is 7.43 Å². The van der Waals surface area contributed by atoms with Gasteiger partial charge in [0.1, 0.15) is 0 Å². The summed E-state index contributed by atoms with van der Waals surface area (Å²) in [5.41, 5.74) is 4.00. The minimum Gasteiger partial charge on any atom is -0.0776 e. The second kappa shape index (κ2) is 6.77. The van der Waals surface area contributed by atoms with Crippen LogP contribution in [0.3, 0.4) is 0 Å². The third kappa shape index (κ3) is 3.00. The minimum absolute atomic E-state index is 0. The zero-order valence-corrected chi connectivity index (χ0v) is 10.7. The fourth-order valence-corrected chi connectivity index (χ4v) is 2.51. The lowest BCUT2D eigenvalue weighted by molar-refractivity contribution is 1.71. The molecule has 0 N–H and O–H groups in total. The van der Waals surface area contributed by atoms with E-state index in [9.17, 15) is 0 Å². The van der Waals surface area contributed by atoms with Gasteiger partial charge in [-0.1, -0.05) is 115 Å². The Morgan fingerprint density at radius 1 is 0.400 bits per heavy atom. The van der Waals surface area contributed by atoms with E-state index in [2.05, 4.69) is 91.0 Å². The summed E-state index contributed by atoms with van der Waals surface area (Å²) in [7, 11) is 0. The Balaban J connectivity index is 0.00000147. The molecule has 20 heavy (non-hydrogen) atoms. The lowest BCUT2D eigenvalue weighted by Crippen LogP contribution is -2.51. The van der Waals surface area contributed by atoms with Gasteiger partial charge in [-0.3, -0.25) is 0 Å². The lowest BCUT2D eigenvalue weighted by Gasteiger charge is -2.15. The van der Waals surface area contributed by atoms with Gasteiger partial charge in [-0.25, -0.2) is 0 Å². The van der Waals surface area contributed by atoms with E-state index in [0.717, 1.165) is 0 Å².